The fourth-order valence-corrected chi connectivity index (χ4v) is 1.93. The zero-order valence-electron chi connectivity index (χ0n) is 11.0. The van der Waals surface area contributed by atoms with E-state index in [1.807, 2.05) is 18.2 Å². The van der Waals surface area contributed by atoms with Gasteiger partial charge in [-0.25, -0.2) is 0 Å². The fourth-order valence-electron chi connectivity index (χ4n) is 1.93. The van der Waals surface area contributed by atoms with Gasteiger partial charge < -0.3 is 10.4 Å². The number of benzene rings is 1. The lowest BCUT2D eigenvalue weighted by molar-refractivity contribution is -0.137. The van der Waals surface area contributed by atoms with E-state index in [9.17, 15) is 9.59 Å². The molecule has 0 atom stereocenters. The maximum atomic E-state index is 11.5. The highest BCUT2D eigenvalue weighted by Crippen LogP contribution is 2.21. The van der Waals surface area contributed by atoms with Crippen LogP contribution in [0.15, 0.2) is 23.3 Å². The van der Waals surface area contributed by atoms with Gasteiger partial charge in [-0.05, 0) is 30.5 Å². The van der Waals surface area contributed by atoms with E-state index in [-0.39, 0.29) is 18.7 Å². The van der Waals surface area contributed by atoms with Gasteiger partial charge in [0.15, 0.2) is 5.69 Å². The first-order valence-corrected chi connectivity index (χ1v) is 6.50. The SMILES string of the molecule is O=C(O)CCCC(=O)NCCc1ccc2c(c1)N=[N+]=C2. The molecule has 0 bridgehead atoms. The summed E-state index contributed by atoms with van der Waals surface area (Å²) in [6.45, 7) is 0.533. The van der Waals surface area contributed by atoms with Gasteiger partial charge in [0.05, 0.1) is 10.4 Å². The number of carboxylic acids is 1. The molecular weight excluding hydrogens is 258 g/mol. The topological polar surface area (TPSA) is 92.9 Å². The molecule has 0 saturated heterocycles. The number of aliphatic carboxylic acids is 1. The van der Waals surface area contributed by atoms with Crippen molar-refractivity contribution in [1.82, 2.24) is 5.32 Å². The molecule has 0 aromatic heterocycles. The van der Waals surface area contributed by atoms with Crippen LogP contribution in [-0.4, -0.2) is 34.5 Å². The van der Waals surface area contributed by atoms with Crippen LogP contribution in [0.1, 0.15) is 30.4 Å². The van der Waals surface area contributed by atoms with E-state index < -0.39 is 5.97 Å². The molecule has 1 aliphatic rings. The standard InChI is InChI=1S/C14H15N3O3/c18-13(2-1-3-14(19)20)15-7-6-10-4-5-11-9-16-17-12(11)8-10/h4-5,8-9H,1-3,6-7H2,(H-,15,18,19,20)/p+1. The van der Waals surface area contributed by atoms with Gasteiger partial charge in [-0.3, -0.25) is 9.59 Å². The number of carboxylic acid groups (broad SMARTS) is 1. The molecule has 1 aliphatic heterocycles. The quantitative estimate of drug-likeness (QED) is 0.746. The normalized spacial score (nSPS) is 11.4. The van der Waals surface area contributed by atoms with Gasteiger partial charge in [0.2, 0.25) is 5.91 Å². The molecule has 6 nitrogen and oxygen atoms in total. The van der Waals surface area contributed by atoms with Crippen molar-refractivity contribution in [3.63, 3.8) is 0 Å². The van der Waals surface area contributed by atoms with Gasteiger partial charge in [-0.2, -0.15) is 0 Å². The number of carbonyl (C=O) groups is 2. The number of nitrogens with one attached hydrogen (secondary N) is 1. The second-order valence-electron chi connectivity index (χ2n) is 4.58. The van der Waals surface area contributed by atoms with Crippen molar-refractivity contribution in [2.24, 2.45) is 5.11 Å². The van der Waals surface area contributed by atoms with Crippen LogP contribution in [0, 0.1) is 0 Å². The predicted molar refractivity (Wildman–Crippen MR) is 72.2 cm³/mol. The van der Waals surface area contributed by atoms with Crippen LogP contribution in [-0.2, 0) is 16.0 Å². The molecule has 0 spiro atoms. The first-order valence-electron chi connectivity index (χ1n) is 6.50. The van der Waals surface area contributed by atoms with Crippen LogP contribution < -0.4 is 5.32 Å². The predicted octanol–water partition coefficient (Wildman–Crippen LogP) is 1.32. The molecule has 1 amide bonds. The van der Waals surface area contributed by atoms with Crippen LogP contribution in [0.5, 0.6) is 0 Å². The summed E-state index contributed by atoms with van der Waals surface area (Å²) in [5, 5.41) is 15.2. The summed E-state index contributed by atoms with van der Waals surface area (Å²) in [5.74, 6) is -0.984. The van der Waals surface area contributed by atoms with E-state index in [1.165, 1.54) is 0 Å². The molecule has 2 N–H and O–H groups in total. The summed E-state index contributed by atoms with van der Waals surface area (Å²) in [6, 6.07) is 5.90. The number of rotatable bonds is 7. The van der Waals surface area contributed by atoms with E-state index in [0.717, 1.165) is 16.8 Å². The van der Waals surface area contributed by atoms with Crippen molar-refractivity contribution in [2.75, 3.05) is 6.54 Å². The Morgan fingerprint density at radius 3 is 2.95 bits per heavy atom. The minimum absolute atomic E-state index is 0.0275. The highest BCUT2D eigenvalue weighted by Gasteiger charge is 2.13. The lowest BCUT2D eigenvalue weighted by atomic mass is 10.1. The van der Waals surface area contributed by atoms with Crippen LogP contribution in [0.4, 0.5) is 5.69 Å². The number of nitrogens with zero attached hydrogens (tertiary/aromatic N) is 2. The fraction of sp³-hybridized carbons (Fsp3) is 0.357. The number of fused-ring (bicyclic) bond motifs is 1. The van der Waals surface area contributed by atoms with Crippen LogP contribution in [0.25, 0.3) is 0 Å². The molecule has 1 aromatic carbocycles. The highest BCUT2D eigenvalue weighted by molar-refractivity contribution is 5.84. The number of hydrogen-bond acceptors (Lipinski definition) is 3. The van der Waals surface area contributed by atoms with E-state index in [1.54, 1.807) is 6.21 Å². The maximum Gasteiger partial charge on any atom is 0.340 e. The third kappa shape index (κ3) is 4.03. The van der Waals surface area contributed by atoms with Crippen molar-refractivity contribution < 1.29 is 19.5 Å². The zero-order valence-corrected chi connectivity index (χ0v) is 11.0. The summed E-state index contributed by atoms with van der Waals surface area (Å²) < 4.78 is 0. The van der Waals surface area contributed by atoms with Gasteiger partial charge in [0.25, 0.3) is 0 Å². The van der Waals surface area contributed by atoms with E-state index in [0.29, 0.717) is 19.4 Å². The lowest BCUT2D eigenvalue weighted by Gasteiger charge is -2.05. The Kier molecular flexibility index (Phi) is 4.63. The Hall–Kier alpha value is -2.46. The third-order valence-electron chi connectivity index (χ3n) is 2.99. The van der Waals surface area contributed by atoms with Gasteiger partial charge in [0.1, 0.15) is 5.11 Å². The molecular formula is C14H16N3O3+. The molecule has 0 radical (unpaired) electrons. The summed E-state index contributed by atoms with van der Waals surface area (Å²) >= 11 is 0. The number of amides is 1. The number of carbonyl (C=O) groups excluding carboxylic acids is 1. The second-order valence-corrected chi connectivity index (χ2v) is 4.58. The first kappa shape index (κ1) is 14.0. The largest absolute Gasteiger partial charge is 0.481 e. The monoisotopic (exact) mass is 274 g/mol. The van der Waals surface area contributed by atoms with Gasteiger partial charge in [-0.1, -0.05) is 6.07 Å². The van der Waals surface area contributed by atoms with Crippen molar-refractivity contribution in [3.8, 4) is 0 Å². The second kappa shape index (κ2) is 6.63. The summed E-state index contributed by atoms with van der Waals surface area (Å²) in [6.07, 6.45) is 3.08. The molecule has 1 aromatic rings. The van der Waals surface area contributed by atoms with Crippen molar-refractivity contribution >= 4 is 23.8 Å². The van der Waals surface area contributed by atoms with Crippen molar-refractivity contribution in [1.29, 1.82) is 0 Å². The smallest absolute Gasteiger partial charge is 0.340 e. The van der Waals surface area contributed by atoms with Crippen molar-refractivity contribution in [2.45, 2.75) is 25.7 Å². The summed E-state index contributed by atoms with van der Waals surface area (Å²) in [5.41, 5.74) is 2.95. The third-order valence-corrected chi connectivity index (χ3v) is 2.99. The Morgan fingerprint density at radius 2 is 2.15 bits per heavy atom. The Bertz CT molecular complexity index is 589. The molecule has 2 rings (SSSR count). The molecule has 104 valence electrons. The van der Waals surface area contributed by atoms with Crippen LogP contribution in [0.3, 0.4) is 0 Å². The molecule has 0 aliphatic carbocycles. The van der Waals surface area contributed by atoms with Crippen LogP contribution in [0.2, 0.25) is 0 Å². The van der Waals surface area contributed by atoms with Gasteiger partial charge >= 0.3 is 12.2 Å². The molecule has 0 unspecified atom stereocenters. The van der Waals surface area contributed by atoms with Crippen molar-refractivity contribution in [3.05, 3.63) is 29.3 Å². The Balaban J connectivity index is 1.69. The average Bonchev–Trinajstić information content (AvgIpc) is 2.85. The Morgan fingerprint density at radius 1 is 1.30 bits per heavy atom. The summed E-state index contributed by atoms with van der Waals surface area (Å²) in [7, 11) is 0. The first-order chi connectivity index (χ1) is 9.65. The molecule has 0 saturated carbocycles. The number of hydrogen-bond donors (Lipinski definition) is 2. The van der Waals surface area contributed by atoms with Gasteiger partial charge in [0, 0.05) is 19.4 Å². The van der Waals surface area contributed by atoms with Crippen LogP contribution >= 0.6 is 0 Å². The molecule has 1 heterocycles. The minimum atomic E-state index is -0.873. The van der Waals surface area contributed by atoms with Gasteiger partial charge in [-0.15, -0.1) is 0 Å². The van der Waals surface area contributed by atoms with E-state index >= 15 is 0 Å². The molecule has 20 heavy (non-hydrogen) atoms. The highest BCUT2D eigenvalue weighted by atomic mass is 16.4. The molecule has 6 heteroatoms. The zero-order chi connectivity index (χ0) is 14.4. The summed E-state index contributed by atoms with van der Waals surface area (Å²) in [4.78, 5) is 25.6. The lowest BCUT2D eigenvalue weighted by Crippen LogP contribution is -2.25. The average molecular weight is 274 g/mol. The van der Waals surface area contributed by atoms with E-state index in [2.05, 4.69) is 15.2 Å². The Labute approximate surface area is 116 Å². The minimum Gasteiger partial charge on any atom is -0.481 e. The maximum absolute atomic E-state index is 11.5. The van der Waals surface area contributed by atoms with E-state index in [4.69, 9.17) is 5.11 Å². The molecule has 0 fully saturated rings.